The minimum Gasteiger partial charge on any atom is -0.509 e. The lowest BCUT2D eigenvalue weighted by atomic mass is 10.4. The van der Waals surface area contributed by atoms with E-state index in [9.17, 15) is 0 Å². The summed E-state index contributed by atoms with van der Waals surface area (Å²) >= 11 is 1.02. The lowest BCUT2D eigenvalue weighted by Crippen LogP contribution is -1.80. The molecule has 9 heavy (non-hydrogen) atoms. The van der Waals surface area contributed by atoms with Gasteiger partial charge in [-0.3, -0.25) is 5.14 Å². The fourth-order valence-corrected chi connectivity index (χ4v) is 0.606. The van der Waals surface area contributed by atoms with E-state index in [1.54, 1.807) is 6.08 Å². The van der Waals surface area contributed by atoms with E-state index >= 15 is 0 Å². The summed E-state index contributed by atoms with van der Waals surface area (Å²) in [6.45, 7) is 6.72. The monoisotopic (exact) mass is 143 g/mol. The summed E-state index contributed by atoms with van der Waals surface area (Å²) in [6.07, 6.45) is 2.99. The summed E-state index contributed by atoms with van der Waals surface area (Å²) in [5, 5.41) is 13.8. The van der Waals surface area contributed by atoms with Crippen molar-refractivity contribution in [3.63, 3.8) is 0 Å². The third kappa shape index (κ3) is 3.88. The number of nitrogens with two attached hydrogens (primary N) is 1. The molecule has 0 aliphatic rings. The predicted molar refractivity (Wildman–Crippen MR) is 41.8 cm³/mol. The Morgan fingerprint density at radius 1 is 1.67 bits per heavy atom. The van der Waals surface area contributed by atoms with Gasteiger partial charge in [0.05, 0.1) is 0 Å². The SMILES string of the molecule is C=C/C(=C\C(=C)O)SN. The number of rotatable bonds is 3. The number of allylic oxidation sites excluding steroid dienone is 2. The van der Waals surface area contributed by atoms with Gasteiger partial charge in [0, 0.05) is 4.91 Å². The molecule has 0 aromatic heterocycles. The van der Waals surface area contributed by atoms with Crippen LogP contribution in [0.25, 0.3) is 0 Å². The summed E-state index contributed by atoms with van der Waals surface area (Å²) in [5.74, 6) is -0.0112. The third-order valence-corrected chi connectivity index (χ3v) is 1.20. The Kier molecular flexibility index (Phi) is 3.92. The molecular formula is C6H9NOS. The topological polar surface area (TPSA) is 46.2 Å². The fourth-order valence-electron chi connectivity index (χ4n) is 0.305. The van der Waals surface area contributed by atoms with E-state index in [0.717, 1.165) is 11.9 Å². The molecule has 0 aliphatic heterocycles. The molecule has 0 rings (SSSR count). The molecule has 3 heteroatoms. The van der Waals surface area contributed by atoms with Crippen molar-refractivity contribution in [2.45, 2.75) is 0 Å². The van der Waals surface area contributed by atoms with Crippen molar-refractivity contribution in [3.8, 4) is 0 Å². The number of hydrogen-bond donors (Lipinski definition) is 2. The first-order valence-electron chi connectivity index (χ1n) is 2.29. The summed E-state index contributed by atoms with van der Waals surface area (Å²) in [5.41, 5.74) is 0. The van der Waals surface area contributed by atoms with Gasteiger partial charge in [-0.2, -0.15) is 0 Å². The molecule has 0 amide bonds. The summed E-state index contributed by atoms with van der Waals surface area (Å²) in [4.78, 5) is 0.697. The summed E-state index contributed by atoms with van der Waals surface area (Å²) in [7, 11) is 0. The second-order valence-electron chi connectivity index (χ2n) is 1.36. The van der Waals surface area contributed by atoms with Crippen molar-refractivity contribution in [2.24, 2.45) is 5.14 Å². The van der Waals surface area contributed by atoms with Crippen LogP contribution in [0.3, 0.4) is 0 Å². The van der Waals surface area contributed by atoms with Crippen molar-refractivity contribution >= 4 is 11.9 Å². The molecule has 0 aromatic carbocycles. The maximum absolute atomic E-state index is 8.60. The average Bonchev–Trinajstić information content (AvgIpc) is 1.82. The zero-order valence-corrected chi connectivity index (χ0v) is 5.82. The van der Waals surface area contributed by atoms with Crippen molar-refractivity contribution in [2.75, 3.05) is 0 Å². The van der Waals surface area contributed by atoms with E-state index in [0.29, 0.717) is 4.91 Å². The van der Waals surface area contributed by atoms with Crippen molar-refractivity contribution in [1.29, 1.82) is 0 Å². The van der Waals surface area contributed by atoms with Crippen molar-refractivity contribution in [3.05, 3.63) is 36.0 Å². The van der Waals surface area contributed by atoms with Crippen LogP contribution in [0.15, 0.2) is 36.0 Å². The molecule has 0 saturated heterocycles. The van der Waals surface area contributed by atoms with Crippen LogP contribution in [-0.2, 0) is 0 Å². The van der Waals surface area contributed by atoms with Gasteiger partial charge in [-0.25, -0.2) is 0 Å². The Balaban J connectivity index is 4.07. The molecule has 0 saturated carbocycles. The molecule has 50 valence electrons. The summed E-state index contributed by atoms with van der Waals surface area (Å²) < 4.78 is 0. The van der Waals surface area contributed by atoms with Crippen LogP contribution in [0.2, 0.25) is 0 Å². The molecule has 3 N–H and O–H groups in total. The maximum Gasteiger partial charge on any atom is 0.109 e. The van der Waals surface area contributed by atoms with Gasteiger partial charge in [-0.15, -0.1) is 0 Å². The Hall–Kier alpha value is -0.670. The van der Waals surface area contributed by atoms with E-state index in [1.165, 1.54) is 6.08 Å². The van der Waals surface area contributed by atoms with Gasteiger partial charge in [-0.1, -0.05) is 19.2 Å². The molecule has 0 bridgehead atoms. The summed E-state index contributed by atoms with van der Waals surface area (Å²) in [6, 6.07) is 0. The largest absolute Gasteiger partial charge is 0.509 e. The molecule has 0 atom stereocenters. The second-order valence-corrected chi connectivity index (χ2v) is 2.07. The normalized spacial score (nSPS) is 11.0. The van der Waals surface area contributed by atoms with Gasteiger partial charge < -0.3 is 5.11 Å². The average molecular weight is 143 g/mol. The minimum atomic E-state index is -0.0112. The van der Waals surface area contributed by atoms with Crippen LogP contribution in [-0.4, -0.2) is 5.11 Å². The Morgan fingerprint density at radius 2 is 2.22 bits per heavy atom. The molecular weight excluding hydrogens is 134 g/mol. The van der Waals surface area contributed by atoms with Crippen LogP contribution in [0.4, 0.5) is 0 Å². The first kappa shape index (κ1) is 8.33. The first-order chi connectivity index (χ1) is 4.20. The van der Waals surface area contributed by atoms with E-state index in [4.69, 9.17) is 10.2 Å². The van der Waals surface area contributed by atoms with Crippen LogP contribution in [0.5, 0.6) is 0 Å². The Morgan fingerprint density at radius 3 is 2.33 bits per heavy atom. The second kappa shape index (κ2) is 4.23. The molecule has 0 spiro atoms. The number of hydrogen-bond acceptors (Lipinski definition) is 3. The maximum atomic E-state index is 8.60. The van der Waals surface area contributed by atoms with E-state index in [1.807, 2.05) is 0 Å². The van der Waals surface area contributed by atoms with E-state index < -0.39 is 0 Å². The van der Waals surface area contributed by atoms with Crippen LogP contribution in [0.1, 0.15) is 0 Å². The van der Waals surface area contributed by atoms with Gasteiger partial charge in [0.1, 0.15) is 5.76 Å². The highest BCUT2D eigenvalue weighted by Crippen LogP contribution is 2.09. The van der Waals surface area contributed by atoms with Crippen LogP contribution in [0, 0.1) is 0 Å². The van der Waals surface area contributed by atoms with Crippen molar-refractivity contribution in [1.82, 2.24) is 0 Å². The molecule has 0 radical (unpaired) electrons. The molecule has 0 fully saturated rings. The number of aliphatic hydroxyl groups excluding tert-OH is 1. The highest BCUT2D eigenvalue weighted by Gasteiger charge is 1.86. The van der Waals surface area contributed by atoms with E-state index in [-0.39, 0.29) is 5.76 Å². The van der Waals surface area contributed by atoms with Gasteiger partial charge in [0.15, 0.2) is 0 Å². The highest BCUT2D eigenvalue weighted by molar-refractivity contribution is 8.01. The van der Waals surface area contributed by atoms with E-state index in [2.05, 4.69) is 13.2 Å². The third-order valence-electron chi connectivity index (χ3n) is 0.646. The zero-order valence-electron chi connectivity index (χ0n) is 5.00. The smallest absolute Gasteiger partial charge is 0.109 e. The van der Waals surface area contributed by atoms with Crippen LogP contribution < -0.4 is 5.14 Å². The lowest BCUT2D eigenvalue weighted by molar-refractivity contribution is 0.435. The van der Waals surface area contributed by atoms with Gasteiger partial charge in [-0.05, 0) is 18.0 Å². The number of aliphatic hydroxyl groups is 1. The Bertz CT molecular complexity index is 151. The molecule has 2 nitrogen and oxygen atoms in total. The standard InChI is InChI=1S/C6H9NOS/c1-3-6(9-7)4-5(2)8/h3-4,8H,1-2,7H2/b6-4+. The molecule has 0 unspecified atom stereocenters. The lowest BCUT2D eigenvalue weighted by Gasteiger charge is -1.92. The zero-order chi connectivity index (χ0) is 7.28. The van der Waals surface area contributed by atoms with Crippen LogP contribution >= 0.6 is 11.9 Å². The molecule has 0 heterocycles. The van der Waals surface area contributed by atoms with Gasteiger partial charge >= 0.3 is 0 Å². The first-order valence-corrected chi connectivity index (χ1v) is 3.17. The minimum absolute atomic E-state index is 0.0112. The molecule has 0 aliphatic carbocycles. The van der Waals surface area contributed by atoms with Gasteiger partial charge in [0.2, 0.25) is 0 Å². The van der Waals surface area contributed by atoms with Gasteiger partial charge in [0.25, 0.3) is 0 Å². The molecule has 0 aromatic rings. The Labute approximate surface area is 58.9 Å². The predicted octanol–water partition coefficient (Wildman–Crippen LogP) is 1.73. The quantitative estimate of drug-likeness (QED) is 0.359. The highest BCUT2D eigenvalue weighted by atomic mass is 32.2. The fraction of sp³-hybridized carbons (Fsp3) is 0. The van der Waals surface area contributed by atoms with Crippen molar-refractivity contribution < 1.29 is 5.11 Å².